The average Bonchev–Trinajstić information content (AvgIpc) is 2.39. The van der Waals surface area contributed by atoms with Crippen LogP contribution >= 0.6 is 0 Å². The van der Waals surface area contributed by atoms with Crippen molar-refractivity contribution in [3.63, 3.8) is 0 Å². The second kappa shape index (κ2) is 6.30. The van der Waals surface area contributed by atoms with E-state index in [4.69, 9.17) is 0 Å². The quantitative estimate of drug-likeness (QED) is 0.855. The molecule has 0 aromatic heterocycles. The van der Waals surface area contributed by atoms with Gasteiger partial charge in [0.05, 0.1) is 0 Å². The summed E-state index contributed by atoms with van der Waals surface area (Å²) in [6.07, 6.45) is 5.00. The molecule has 0 saturated carbocycles. The lowest BCUT2D eigenvalue weighted by Crippen LogP contribution is -2.55. The van der Waals surface area contributed by atoms with Crippen molar-refractivity contribution >= 4 is 10.2 Å². The highest BCUT2D eigenvalue weighted by Crippen LogP contribution is 2.32. The summed E-state index contributed by atoms with van der Waals surface area (Å²) >= 11 is 0. The molecule has 2 saturated heterocycles. The third-order valence-electron chi connectivity index (χ3n) is 4.71. The summed E-state index contributed by atoms with van der Waals surface area (Å²) in [5, 5.41) is 3.13. The third-order valence-corrected chi connectivity index (χ3v) is 6.80. The normalized spacial score (nSPS) is 29.4. The minimum absolute atomic E-state index is 0.119. The van der Waals surface area contributed by atoms with Gasteiger partial charge >= 0.3 is 0 Å². The molecule has 2 rings (SSSR count). The molecule has 2 fully saturated rings. The number of nitrogens with zero attached hydrogens (tertiary/aromatic N) is 2. The molecule has 0 aromatic rings. The van der Waals surface area contributed by atoms with Crippen molar-refractivity contribution < 1.29 is 8.42 Å². The fraction of sp³-hybridized carbons (Fsp3) is 1.00. The van der Waals surface area contributed by atoms with Gasteiger partial charge in [0.15, 0.2) is 0 Å². The summed E-state index contributed by atoms with van der Waals surface area (Å²) in [4.78, 5) is 0. The average molecular weight is 303 g/mol. The van der Waals surface area contributed by atoms with Crippen LogP contribution in [0.25, 0.3) is 0 Å². The van der Waals surface area contributed by atoms with E-state index in [-0.39, 0.29) is 11.5 Å². The van der Waals surface area contributed by atoms with E-state index in [0.29, 0.717) is 19.6 Å². The van der Waals surface area contributed by atoms with Crippen LogP contribution in [0, 0.1) is 5.41 Å². The van der Waals surface area contributed by atoms with E-state index in [0.717, 1.165) is 38.6 Å². The molecule has 2 aliphatic rings. The molecule has 0 aliphatic carbocycles. The van der Waals surface area contributed by atoms with Crippen LogP contribution < -0.4 is 5.32 Å². The topological polar surface area (TPSA) is 52.7 Å². The van der Waals surface area contributed by atoms with Gasteiger partial charge in [-0.05, 0) is 38.1 Å². The van der Waals surface area contributed by atoms with Crippen molar-refractivity contribution in [2.45, 2.75) is 52.0 Å². The van der Waals surface area contributed by atoms with E-state index < -0.39 is 10.2 Å². The van der Waals surface area contributed by atoms with Gasteiger partial charge in [0.1, 0.15) is 0 Å². The smallest absolute Gasteiger partial charge is 0.282 e. The molecule has 20 heavy (non-hydrogen) atoms. The third kappa shape index (κ3) is 3.53. The number of piperidine rings is 2. The molecular weight excluding hydrogens is 274 g/mol. The molecule has 0 amide bonds. The summed E-state index contributed by atoms with van der Waals surface area (Å²) in [5.41, 5.74) is 0.276. The van der Waals surface area contributed by atoms with Gasteiger partial charge in [-0.3, -0.25) is 0 Å². The predicted molar refractivity (Wildman–Crippen MR) is 81.8 cm³/mol. The van der Waals surface area contributed by atoms with Crippen LogP contribution in [0.3, 0.4) is 0 Å². The Morgan fingerprint density at radius 3 is 2.40 bits per heavy atom. The van der Waals surface area contributed by atoms with Crippen LogP contribution in [-0.4, -0.2) is 56.3 Å². The van der Waals surface area contributed by atoms with Crippen LogP contribution in [0.15, 0.2) is 0 Å². The Balaban J connectivity index is 2.08. The fourth-order valence-corrected chi connectivity index (χ4v) is 5.05. The van der Waals surface area contributed by atoms with Gasteiger partial charge in [-0.25, -0.2) is 0 Å². The Kier molecular flexibility index (Phi) is 5.10. The number of nitrogens with one attached hydrogen (secondary N) is 1. The monoisotopic (exact) mass is 303 g/mol. The van der Waals surface area contributed by atoms with Crippen molar-refractivity contribution in [1.29, 1.82) is 0 Å². The molecule has 1 atom stereocenters. The Morgan fingerprint density at radius 2 is 1.80 bits per heavy atom. The lowest BCUT2D eigenvalue weighted by Gasteiger charge is -2.41. The second-order valence-corrected chi connectivity index (χ2v) is 8.77. The lowest BCUT2D eigenvalue weighted by atomic mass is 9.83. The predicted octanol–water partition coefficient (Wildman–Crippen LogP) is 1.43. The first-order valence-electron chi connectivity index (χ1n) is 7.78. The Morgan fingerprint density at radius 1 is 1.15 bits per heavy atom. The Hall–Kier alpha value is -0.170. The molecule has 6 heteroatoms. The van der Waals surface area contributed by atoms with Crippen LogP contribution in [0.1, 0.15) is 46.0 Å². The van der Waals surface area contributed by atoms with E-state index in [1.807, 2.05) is 7.05 Å². The van der Waals surface area contributed by atoms with Crippen molar-refractivity contribution in [3.05, 3.63) is 0 Å². The molecule has 1 unspecified atom stereocenters. The summed E-state index contributed by atoms with van der Waals surface area (Å²) in [6, 6.07) is 0.119. The van der Waals surface area contributed by atoms with Gasteiger partial charge in [-0.2, -0.15) is 17.0 Å². The zero-order chi connectivity index (χ0) is 14.8. The molecular formula is C14H29N3O2S. The van der Waals surface area contributed by atoms with Gasteiger partial charge < -0.3 is 5.32 Å². The molecule has 0 aromatic carbocycles. The summed E-state index contributed by atoms with van der Waals surface area (Å²) in [6.45, 7) is 7.20. The zero-order valence-corrected chi connectivity index (χ0v) is 13.9. The standard InChI is InChI=1S/C14H29N3O2S/c1-14(2)7-10-16(11-8-14)20(18,19)17-9-5-4-6-13(17)12-15-3/h13,15H,4-12H2,1-3H3. The molecule has 1 N–H and O–H groups in total. The maximum atomic E-state index is 12.9. The molecule has 118 valence electrons. The first-order valence-corrected chi connectivity index (χ1v) is 9.18. The summed E-state index contributed by atoms with van der Waals surface area (Å²) < 4.78 is 29.2. The largest absolute Gasteiger partial charge is 0.318 e. The van der Waals surface area contributed by atoms with Crippen LogP contribution in [-0.2, 0) is 10.2 Å². The highest BCUT2D eigenvalue weighted by molar-refractivity contribution is 7.86. The van der Waals surface area contributed by atoms with Crippen molar-refractivity contribution in [1.82, 2.24) is 13.9 Å². The first kappa shape index (κ1) is 16.2. The second-order valence-electron chi connectivity index (χ2n) is 6.89. The molecule has 0 radical (unpaired) electrons. The minimum Gasteiger partial charge on any atom is -0.318 e. The van der Waals surface area contributed by atoms with E-state index in [1.54, 1.807) is 8.61 Å². The summed E-state index contributed by atoms with van der Waals surface area (Å²) in [7, 11) is -1.39. The minimum atomic E-state index is -3.28. The van der Waals surface area contributed by atoms with Gasteiger partial charge in [-0.15, -0.1) is 0 Å². The maximum absolute atomic E-state index is 12.9. The molecule has 5 nitrogen and oxygen atoms in total. The molecule has 2 aliphatic heterocycles. The maximum Gasteiger partial charge on any atom is 0.282 e. The van der Waals surface area contributed by atoms with E-state index in [1.165, 1.54) is 0 Å². The van der Waals surface area contributed by atoms with Crippen LogP contribution in [0.5, 0.6) is 0 Å². The number of hydrogen-bond acceptors (Lipinski definition) is 3. The van der Waals surface area contributed by atoms with Crippen molar-refractivity contribution in [3.8, 4) is 0 Å². The van der Waals surface area contributed by atoms with E-state index in [2.05, 4.69) is 19.2 Å². The molecule has 0 spiro atoms. The van der Waals surface area contributed by atoms with Crippen molar-refractivity contribution in [2.75, 3.05) is 33.2 Å². The Labute approximate surface area is 123 Å². The highest BCUT2D eigenvalue weighted by Gasteiger charge is 2.39. The van der Waals surface area contributed by atoms with Crippen LogP contribution in [0.2, 0.25) is 0 Å². The SMILES string of the molecule is CNCC1CCCCN1S(=O)(=O)N1CCC(C)(C)CC1. The zero-order valence-electron chi connectivity index (χ0n) is 13.1. The van der Waals surface area contributed by atoms with Gasteiger partial charge in [0.2, 0.25) is 0 Å². The van der Waals surface area contributed by atoms with Gasteiger partial charge in [-0.1, -0.05) is 20.3 Å². The molecule has 0 bridgehead atoms. The van der Waals surface area contributed by atoms with Crippen molar-refractivity contribution in [2.24, 2.45) is 5.41 Å². The highest BCUT2D eigenvalue weighted by atomic mass is 32.2. The van der Waals surface area contributed by atoms with E-state index in [9.17, 15) is 8.42 Å². The summed E-state index contributed by atoms with van der Waals surface area (Å²) in [5.74, 6) is 0. The van der Waals surface area contributed by atoms with Crippen LogP contribution in [0.4, 0.5) is 0 Å². The number of likely N-dealkylation sites (N-methyl/N-ethyl adjacent to an activating group) is 1. The van der Waals surface area contributed by atoms with E-state index >= 15 is 0 Å². The first-order chi connectivity index (χ1) is 9.37. The Bertz CT molecular complexity index is 410. The number of rotatable bonds is 4. The van der Waals surface area contributed by atoms with Gasteiger partial charge in [0.25, 0.3) is 10.2 Å². The number of hydrogen-bond donors (Lipinski definition) is 1. The van der Waals surface area contributed by atoms with Gasteiger partial charge in [0, 0.05) is 32.2 Å². The molecule has 2 heterocycles. The fourth-order valence-electron chi connectivity index (χ4n) is 3.19. The lowest BCUT2D eigenvalue weighted by molar-refractivity contribution is 0.173.